The number of likely N-dealkylation sites (tertiary alicyclic amines) is 1. The van der Waals surface area contributed by atoms with Crippen LogP contribution in [0.4, 0.5) is 10.5 Å². The summed E-state index contributed by atoms with van der Waals surface area (Å²) >= 11 is 1.57. The molecule has 6 aromatic carbocycles. The highest BCUT2D eigenvalue weighted by atomic mass is 32.1. The summed E-state index contributed by atoms with van der Waals surface area (Å²) in [6.45, 7) is 9.90. The van der Waals surface area contributed by atoms with E-state index in [1.54, 1.807) is 11.3 Å². The molecule has 1 aliphatic carbocycles. The summed E-state index contributed by atoms with van der Waals surface area (Å²) in [7, 11) is 0. The minimum absolute atomic E-state index is 0.0119. The Balaban J connectivity index is 0.666. The van der Waals surface area contributed by atoms with Gasteiger partial charge in [-0.25, -0.2) is 9.78 Å². The second-order valence-corrected chi connectivity index (χ2v) is 26.2. The number of rotatable bonds is 22. The molecular formula is C71H78N8O10S. The Labute approximate surface area is 528 Å². The molecule has 1 saturated heterocycles. The fraction of sp³-hybridized carbons (Fsp3) is 0.380. The Hall–Kier alpha value is -8.78. The van der Waals surface area contributed by atoms with Gasteiger partial charge in [-0.05, 0) is 124 Å². The van der Waals surface area contributed by atoms with Gasteiger partial charge in [-0.2, -0.15) is 0 Å². The molecule has 7 aromatic rings. The number of carbonyl (C=O) groups excluding carboxylic acids is 7. The first-order chi connectivity index (χ1) is 43.3. The van der Waals surface area contributed by atoms with E-state index in [4.69, 9.17) is 15.2 Å². The Kier molecular flexibility index (Phi) is 18.9. The first-order valence-electron chi connectivity index (χ1n) is 31.1. The zero-order valence-corrected chi connectivity index (χ0v) is 52.3. The molecule has 7 atom stereocenters. The first kappa shape index (κ1) is 62.8. The van der Waals surface area contributed by atoms with Crippen LogP contribution in [0.25, 0.3) is 32.3 Å². The molecule has 468 valence electrons. The predicted octanol–water partition coefficient (Wildman–Crippen LogP) is 8.87. The maximum absolute atomic E-state index is 14.6. The third kappa shape index (κ3) is 14.0. The number of benzene rings is 6. The fourth-order valence-electron chi connectivity index (χ4n) is 13.2. The van der Waals surface area contributed by atoms with E-state index in [1.807, 2.05) is 149 Å². The molecule has 0 saturated carbocycles. The molecule has 19 heteroatoms. The monoisotopic (exact) mass is 1230 g/mol. The molecule has 4 heterocycles. The van der Waals surface area contributed by atoms with Crippen LogP contribution < -0.4 is 31.9 Å². The summed E-state index contributed by atoms with van der Waals surface area (Å²) in [5.74, 6) is -2.59. The normalized spacial score (nSPS) is 18.6. The van der Waals surface area contributed by atoms with E-state index >= 15 is 0 Å². The highest BCUT2D eigenvalue weighted by Crippen LogP contribution is 2.45. The second kappa shape index (κ2) is 27.1. The standard InChI is InChI=1S/C71H78N8O10S/c1-41-64(90-40-74-41)47-24-21-44(22-25-47)36-73-66(83)59-35-51(80)37-78(59)69(86)65(71(3,4)5)77-62(82)19-10-12-43-20-26-49-33-45(23-27-48(49)32-43)38-88-42(2)57(30-31-61(72)81)75-67(84)60-34-50-14-11-13-46-28-29-58(68(85)79(60)63(46)50)76-70(87)89-39-56-54-17-8-6-15-52(54)53-16-7-9-18-55(53)56/h6-9,11,13-18,20-27,32-33,40,42,51,56-60,65,80H,10,12,19,28-31,34-39H2,1-5H3,(H2,72,81)(H,73,83)(H,75,84)(H,76,87)(H,77,82)/t42-,51-,57+,58+,59+,60+,65-/m1/s1. The molecule has 11 rings (SSSR count). The van der Waals surface area contributed by atoms with E-state index < -0.39 is 77.6 Å². The zero-order valence-electron chi connectivity index (χ0n) is 51.5. The lowest BCUT2D eigenvalue weighted by Gasteiger charge is -2.35. The van der Waals surface area contributed by atoms with Crippen LogP contribution in [0.15, 0.2) is 133 Å². The number of hydrogen-bond donors (Lipinski definition) is 6. The molecule has 0 spiro atoms. The number of carbonyl (C=O) groups is 7. The number of nitrogens with one attached hydrogen (secondary N) is 4. The van der Waals surface area contributed by atoms with Crippen molar-refractivity contribution in [2.24, 2.45) is 11.1 Å². The van der Waals surface area contributed by atoms with Gasteiger partial charge in [0, 0.05) is 44.7 Å². The highest BCUT2D eigenvalue weighted by Gasteiger charge is 2.46. The lowest BCUT2D eigenvalue weighted by Crippen LogP contribution is -2.57. The SMILES string of the molecule is Cc1ncsc1-c1ccc(CNC(=O)[C@@H]2C[C@@H](O)CN2C(=O)[C@@H](NC(=O)CCCc2ccc3cc(CO[C@H](C)[C@H](CCC(N)=O)NC(=O)[C@@H]4Cc5cccc6c5N4C(=O)[C@@H](NC(=O)OCC4c5ccccc5-c5ccccc54)CC6)ccc3c2)C(C)(C)C)cc1. The van der Waals surface area contributed by atoms with Crippen LogP contribution in [0.1, 0.15) is 117 Å². The predicted molar refractivity (Wildman–Crippen MR) is 345 cm³/mol. The summed E-state index contributed by atoms with van der Waals surface area (Å²) in [5.41, 5.74) is 18.3. The number of aromatic nitrogens is 1. The number of fused-ring (bicyclic) bond motifs is 4. The number of hydrogen-bond acceptors (Lipinski definition) is 12. The van der Waals surface area contributed by atoms with E-state index in [2.05, 4.69) is 44.5 Å². The number of β-amino-alcohol motifs (C(OH)–C–C–N with tert-alkyl or cyclic N) is 1. The lowest BCUT2D eigenvalue weighted by molar-refractivity contribution is -0.144. The zero-order chi connectivity index (χ0) is 63.4. The molecule has 0 unspecified atom stereocenters. The molecule has 18 nitrogen and oxygen atoms in total. The topological polar surface area (TPSA) is 252 Å². The van der Waals surface area contributed by atoms with Crippen molar-refractivity contribution in [3.05, 3.63) is 178 Å². The molecule has 90 heavy (non-hydrogen) atoms. The minimum Gasteiger partial charge on any atom is -0.449 e. The number of thiazole rings is 1. The fourth-order valence-corrected chi connectivity index (χ4v) is 14.0. The highest BCUT2D eigenvalue weighted by molar-refractivity contribution is 7.13. The van der Waals surface area contributed by atoms with Crippen molar-refractivity contribution in [3.8, 4) is 21.6 Å². The van der Waals surface area contributed by atoms with Gasteiger partial charge in [-0.15, -0.1) is 11.3 Å². The van der Waals surface area contributed by atoms with Crippen molar-refractivity contribution in [1.82, 2.24) is 31.2 Å². The molecule has 1 aromatic heterocycles. The van der Waals surface area contributed by atoms with Gasteiger partial charge in [0.1, 0.15) is 30.8 Å². The smallest absolute Gasteiger partial charge is 0.407 e. The van der Waals surface area contributed by atoms with Gasteiger partial charge in [0.15, 0.2) is 0 Å². The number of aliphatic hydroxyl groups is 1. The average molecular weight is 1240 g/mol. The average Bonchev–Trinajstić information content (AvgIpc) is 1.66. The van der Waals surface area contributed by atoms with Gasteiger partial charge in [-0.3, -0.25) is 33.7 Å². The Morgan fingerprint density at radius 2 is 1.48 bits per heavy atom. The minimum atomic E-state index is -0.959. The van der Waals surface area contributed by atoms with Crippen LogP contribution in [0, 0.1) is 12.3 Å². The number of aliphatic hydroxyl groups excluding tert-OH is 1. The Bertz CT molecular complexity index is 3820. The van der Waals surface area contributed by atoms with Crippen LogP contribution in [0.5, 0.6) is 0 Å². The number of primary amides is 1. The maximum atomic E-state index is 14.6. The lowest BCUT2D eigenvalue weighted by atomic mass is 9.85. The quantitative estimate of drug-likeness (QED) is 0.0374. The molecule has 7 amide bonds. The van der Waals surface area contributed by atoms with E-state index in [1.165, 1.54) is 9.80 Å². The van der Waals surface area contributed by atoms with Gasteiger partial charge in [0.25, 0.3) is 0 Å². The number of ether oxygens (including phenoxy) is 2. The van der Waals surface area contributed by atoms with Crippen molar-refractivity contribution < 1.29 is 48.1 Å². The van der Waals surface area contributed by atoms with E-state index in [0.29, 0.717) is 31.4 Å². The Morgan fingerprint density at radius 3 is 2.17 bits per heavy atom. The summed E-state index contributed by atoms with van der Waals surface area (Å²) in [5, 5.41) is 24.6. The van der Waals surface area contributed by atoms with Gasteiger partial charge < -0.3 is 46.5 Å². The van der Waals surface area contributed by atoms with Crippen LogP contribution in [0.3, 0.4) is 0 Å². The van der Waals surface area contributed by atoms with Crippen molar-refractivity contribution in [2.45, 2.75) is 154 Å². The largest absolute Gasteiger partial charge is 0.449 e. The second-order valence-electron chi connectivity index (χ2n) is 25.4. The van der Waals surface area contributed by atoms with Gasteiger partial charge >= 0.3 is 6.09 Å². The molecule has 7 N–H and O–H groups in total. The third-order valence-electron chi connectivity index (χ3n) is 18.0. The number of alkyl carbamates (subject to hydrolysis) is 1. The van der Waals surface area contributed by atoms with Crippen molar-refractivity contribution in [3.63, 3.8) is 0 Å². The molecule has 4 aliphatic rings. The summed E-state index contributed by atoms with van der Waals surface area (Å²) < 4.78 is 12.3. The van der Waals surface area contributed by atoms with E-state index in [9.17, 15) is 38.7 Å². The van der Waals surface area contributed by atoms with Crippen molar-refractivity contribution in [2.75, 3.05) is 18.1 Å². The van der Waals surface area contributed by atoms with Gasteiger partial charge in [0.05, 0.1) is 46.6 Å². The number of para-hydroxylation sites is 1. The summed E-state index contributed by atoms with van der Waals surface area (Å²) in [4.78, 5) is 105. The number of aryl methyl sites for hydroxylation is 3. The van der Waals surface area contributed by atoms with Gasteiger partial charge in [0.2, 0.25) is 35.4 Å². The van der Waals surface area contributed by atoms with Crippen LogP contribution in [0.2, 0.25) is 0 Å². The third-order valence-corrected chi connectivity index (χ3v) is 19.0. The molecular weight excluding hydrogens is 1160 g/mol. The van der Waals surface area contributed by atoms with Crippen molar-refractivity contribution in [1.29, 1.82) is 0 Å². The number of nitrogens with two attached hydrogens (primary N) is 1. The maximum Gasteiger partial charge on any atom is 0.407 e. The van der Waals surface area contributed by atoms with E-state index in [0.717, 1.165) is 77.0 Å². The molecule has 0 bridgehead atoms. The summed E-state index contributed by atoms with van der Waals surface area (Å²) in [6.07, 6.45) is 0.433. The van der Waals surface area contributed by atoms with Crippen LogP contribution in [-0.4, -0.2) is 112 Å². The van der Waals surface area contributed by atoms with Crippen LogP contribution in [-0.2, 0) is 70.7 Å². The molecule has 1 fully saturated rings. The first-order valence-corrected chi connectivity index (χ1v) is 32.0. The van der Waals surface area contributed by atoms with Crippen LogP contribution >= 0.6 is 11.3 Å². The number of amides is 7. The Morgan fingerprint density at radius 1 is 0.800 bits per heavy atom. The van der Waals surface area contributed by atoms with Gasteiger partial charge in [-0.1, -0.05) is 142 Å². The number of nitrogens with zero attached hydrogens (tertiary/aromatic N) is 3. The number of anilines is 1. The molecule has 3 aliphatic heterocycles. The summed E-state index contributed by atoms with van der Waals surface area (Å²) in [6, 6.07) is 37.6. The van der Waals surface area contributed by atoms with Crippen molar-refractivity contribution >= 4 is 69.3 Å². The van der Waals surface area contributed by atoms with E-state index in [-0.39, 0.29) is 76.1 Å². The molecule has 0 radical (unpaired) electrons.